The van der Waals surface area contributed by atoms with Crippen molar-refractivity contribution in [1.82, 2.24) is 10.2 Å². The van der Waals surface area contributed by atoms with Gasteiger partial charge in [-0.1, -0.05) is 18.2 Å². The number of ketones is 1. The van der Waals surface area contributed by atoms with Gasteiger partial charge in [-0.15, -0.1) is 11.3 Å². The van der Waals surface area contributed by atoms with E-state index in [2.05, 4.69) is 15.5 Å². The van der Waals surface area contributed by atoms with Crippen LogP contribution in [0.3, 0.4) is 0 Å². The van der Waals surface area contributed by atoms with Crippen LogP contribution in [-0.4, -0.2) is 33.7 Å². The molecule has 0 unspecified atom stereocenters. The minimum atomic E-state index is -1.06. The van der Waals surface area contributed by atoms with Crippen LogP contribution in [0.25, 0.3) is 0 Å². The average molecular weight is 437 g/mol. The Morgan fingerprint density at radius 1 is 1.13 bits per heavy atom. The second-order valence-electron chi connectivity index (χ2n) is 7.61. The number of carboxylic acid groups (broad SMARTS) is 1. The molecule has 0 amide bonds. The molecule has 8 nitrogen and oxygen atoms in total. The second kappa shape index (κ2) is 7.59. The number of Topliss-reactive ketones (excluding diaryl/α,β-unsaturated/α-hetero) is 1. The van der Waals surface area contributed by atoms with Gasteiger partial charge in [-0.05, 0) is 35.6 Å². The van der Waals surface area contributed by atoms with E-state index in [9.17, 15) is 14.4 Å². The molecule has 1 aromatic carbocycles. The van der Waals surface area contributed by atoms with Crippen molar-refractivity contribution in [2.45, 2.75) is 24.7 Å². The Labute approximate surface area is 180 Å². The van der Waals surface area contributed by atoms with Gasteiger partial charge in [-0.3, -0.25) is 19.8 Å². The number of carbonyl (C=O) groups excluding carboxylic acids is 1. The lowest BCUT2D eigenvalue weighted by Gasteiger charge is -2.34. The van der Waals surface area contributed by atoms with Crippen molar-refractivity contribution in [2.24, 2.45) is 0 Å². The number of carbonyl (C=O) groups is 2. The number of thiophene rings is 1. The summed E-state index contributed by atoms with van der Waals surface area (Å²) in [7, 11) is 0. The lowest BCUT2D eigenvalue weighted by Crippen LogP contribution is -2.31. The summed E-state index contributed by atoms with van der Waals surface area (Å²) in [6, 6.07) is 10.9. The topological polar surface area (TPSA) is 124 Å². The Morgan fingerprint density at radius 2 is 1.94 bits per heavy atom. The van der Waals surface area contributed by atoms with Crippen LogP contribution < -0.4 is 15.6 Å². The molecular weight excluding hydrogens is 418 g/mol. The molecule has 5 rings (SSSR count). The summed E-state index contributed by atoms with van der Waals surface area (Å²) in [6.07, 6.45) is 1.08. The first-order valence-corrected chi connectivity index (χ1v) is 10.7. The van der Waals surface area contributed by atoms with E-state index in [1.807, 2.05) is 17.5 Å². The Morgan fingerprint density at radius 3 is 2.65 bits per heavy atom. The van der Waals surface area contributed by atoms with Crippen molar-refractivity contribution in [3.8, 4) is 5.75 Å². The fourth-order valence-corrected chi connectivity index (χ4v) is 5.21. The van der Waals surface area contributed by atoms with Gasteiger partial charge in [0.05, 0.1) is 5.56 Å². The summed E-state index contributed by atoms with van der Waals surface area (Å²) in [5.41, 5.74) is 2.41. The number of aromatic amines is 2. The van der Waals surface area contributed by atoms with Crippen LogP contribution >= 0.6 is 11.3 Å². The highest BCUT2D eigenvalue weighted by atomic mass is 32.1. The molecule has 3 aromatic rings. The van der Waals surface area contributed by atoms with E-state index in [-0.39, 0.29) is 17.3 Å². The van der Waals surface area contributed by atoms with E-state index in [1.165, 1.54) is 4.88 Å². The van der Waals surface area contributed by atoms with E-state index in [4.69, 9.17) is 9.84 Å². The van der Waals surface area contributed by atoms with E-state index in [0.717, 1.165) is 11.3 Å². The first-order chi connectivity index (χ1) is 15.0. The normalized spacial score (nSPS) is 20.1. The predicted octanol–water partition coefficient (Wildman–Crippen LogP) is 3.19. The summed E-state index contributed by atoms with van der Waals surface area (Å²) < 4.78 is 5.21. The molecule has 3 heterocycles. The molecule has 2 atom stereocenters. The largest absolute Gasteiger partial charge is 0.482 e. The smallest absolute Gasteiger partial charge is 0.341 e. The quantitative estimate of drug-likeness (QED) is 0.486. The first-order valence-electron chi connectivity index (χ1n) is 9.83. The molecule has 9 heteroatoms. The Bertz CT molecular complexity index is 1240. The molecule has 2 aliphatic rings. The third-order valence-corrected chi connectivity index (χ3v) is 6.73. The van der Waals surface area contributed by atoms with Crippen LogP contribution in [0.1, 0.15) is 40.7 Å². The Hall–Kier alpha value is -3.59. The molecule has 0 radical (unpaired) electrons. The first kappa shape index (κ1) is 19.4. The lowest BCUT2D eigenvalue weighted by molar-refractivity contribution is -0.139. The van der Waals surface area contributed by atoms with E-state index >= 15 is 0 Å². The van der Waals surface area contributed by atoms with Gasteiger partial charge in [0.1, 0.15) is 11.6 Å². The predicted molar refractivity (Wildman–Crippen MR) is 115 cm³/mol. The number of carboxylic acids is 1. The summed E-state index contributed by atoms with van der Waals surface area (Å²) in [5.74, 6) is -0.460. The third-order valence-electron chi connectivity index (χ3n) is 5.70. The molecular formula is C22H19N3O5S. The van der Waals surface area contributed by atoms with E-state index < -0.39 is 18.5 Å². The van der Waals surface area contributed by atoms with Gasteiger partial charge in [0.2, 0.25) is 0 Å². The molecule has 0 saturated carbocycles. The highest BCUT2D eigenvalue weighted by Gasteiger charge is 2.40. The zero-order valence-corrected chi connectivity index (χ0v) is 17.1. The van der Waals surface area contributed by atoms with Crippen molar-refractivity contribution in [3.05, 3.63) is 79.4 Å². The molecule has 1 aliphatic heterocycles. The van der Waals surface area contributed by atoms with Crippen LogP contribution in [0.15, 0.2) is 57.8 Å². The fourth-order valence-electron chi connectivity index (χ4n) is 4.38. The van der Waals surface area contributed by atoms with Crippen LogP contribution in [-0.2, 0) is 9.59 Å². The number of hydrogen-bond donors (Lipinski definition) is 4. The number of benzene rings is 1. The average Bonchev–Trinajstić information content (AvgIpc) is 3.42. The van der Waals surface area contributed by atoms with Crippen LogP contribution in [0.2, 0.25) is 0 Å². The van der Waals surface area contributed by atoms with Crippen LogP contribution in [0.4, 0.5) is 5.82 Å². The summed E-state index contributed by atoms with van der Waals surface area (Å²) in [6.45, 7) is -0.438. The SMILES string of the molecule is O=C(O)COc1ccc([C@H]2C3=C(C[C@H](c4cccs4)CC3=O)Nc3[nH][nH]c(=O)c32)cc1. The molecule has 0 saturated heterocycles. The number of hydrogen-bond acceptors (Lipinski definition) is 6. The van der Waals surface area contributed by atoms with Crippen molar-refractivity contribution >= 4 is 28.9 Å². The number of aliphatic carboxylic acids is 1. The van der Waals surface area contributed by atoms with Crippen LogP contribution in [0, 0.1) is 0 Å². The van der Waals surface area contributed by atoms with Gasteiger partial charge in [0, 0.05) is 34.4 Å². The number of fused-ring (bicyclic) bond motifs is 1. The maximum Gasteiger partial charge on any atom is 0.341 e. The highest BCUT2D eigenvalue weighted by molar-refractivity contribution is 7.10. The number of ether oxygens (including phenoxy) is 1. The van der Waals surface area contributed by atoms with Crippen molar-refractivity contribution in [1.29, 1.82) is 0 Å². The lowest BCUT2D eigenvalue weighted by atomic mass is 9.74. The van der Waals surface area contributed by atoms with E-state index in [0.29, 0.717) is 35.5 Å². The number of allylic oxidation sites excluding steroid dienone is 2. The van der Waals surface area contributed by atoms with Crippen LogP contribution in [0.5, 0.6) is 5.75 Å². The standard InChI is InChI=1S/C22H19N3O5S/c26-15-9-12(16-2-1-7-31-16)8-14-19(15)18(20-21(23-14)24-25-22(20)29)11-3-5-13(6-4-11)30-10-17(27)28/h1-7,12,18H,8-10H2,(H,27,28)(H3,23,24,25,29)/t12-,18-/m0/s1. The minimum absolute atomic E-state index is 0.0228. The van der Waals surface area contributed by atoms with Gasteiger partial charge < -0.3 is 15.2 Å². The number of rotatable bonds is 5. The van der Waals surface area contributed by atoms with Gasteiger partial charge in [-0.25, -0.2) is 4.79 Å². The fraction of sp³-hybridized carbons (Fsp3) is 0.227. The van der Waals surface area contributed by atoms with Gasteiger partial charge >= 0.3 is 5.97 Å². The highest BCUT2D eigenvalue weighted by Crippen LogP contribution is 2.47. The molecule has 158 valence electrons. The molecule has 2 aromatic heterocycles. The molecule has 4 N–H and O–H groups in total. The monoisotopic (exact) mass is 437 g/mol. The Kier molecular flexibility index (Phi) is 4.74. The van der Waals surface area contributed by atoms with Crippen molar-refractivity contribution < 1.29 is 19.4 Å². The van der Waals surface area contributed by atoms with Gasteiger partial charge in [-0.2, -0.15) is 0 Å². The molecule has 31 heavy (non-hydrogen) atoms. The Balaban J connectivity index is 1.54. The zero-order chi connectivity index (χ0) is 21.5. The van der Waals surface area contributed by atoms with Crippen molar-refractivity contribution in [3.63, 3.8) is 0 Å². The maximum absolute atomic E-state index is 13.3. The minimum Gasteiger partial charge on any atom is -0.482 e. The maximum atomic E-state index is 13.3. The molecule has 0 fully saturated rings. The third kappa shape index (κ3) is 3.46. The molecule has 0 bridgehead atoms. The summed E-state index contributed by atoms with van der Waals surface area (Å²) >= 11 is 1.64. The van der Waals surface area contributed by atoms with Gasteiger partial charge in [0.25, 0.3) is 5.56 Å². The van der Waals surface area contributed by atoms with E-state index in [1.54, 1.807) is 35.6 Å². The molecule has 0 spiro atoms. The summed E-state index contributed by atoms with van der Waals surface area (Å²) in [4.78, 5) is 37.8. The zero-order valence-electron chi connectivity index (χ0n) is 16.3. The molecule has 1 aliphatic carbocycles. The second-order valence-corrected chi connectivity index (χ2v) is 8.59. The van der Waals surface area contributed by atoms with Gasteiger partial charge in [0.15, 0.2) is 12.4 Å². The number of anilines is 1. The summed E-state index contributed by atoms with van der Waals surface area (Å²) in [5, 5.41) is 19.6. The number of nitrogens with one attached hydrogen (secondary N) is 3. The van der Waals surface area contributed by atoms with Crippen molar-refractivity contribution in [2.75, 3.05) is 11.9 Å². The number of H-pyrrole nitrogens is 2. The number of aromatic nitrogens is 2.